The summed E-state index contributed by atoms with van der Waals surface area (Å²) in [6.07, 6.45) is -0.855. The van der Waals surface area contributed by atoms with E-state index in [0.717, 1.165) is 5.52 Å². The summed E-state index contributed by atoms with van der Waals surface area (Å²) in [4.78, 5) is 24.5. The first-order chi connectivity index (χ1) is 13.2. The van der Waals surface area contributed by atoms with E-state index in [-0.39, 0.29) is 6.61 Å². The Balaban J connectivity index is 1.38. The van der Waals surface area contributed by atoms with Gasteiger partial charge in [-0.2, -0.15) is 0 Å². The summed E-state index contributed by atoms with van der Waals surface area (Å²) in [6.45, 7) is 2.70. The molecule has 1 aromatic heterocycles. The molecule has 27 heavy (non-hydrogen) atoms. The van der Waals surface area contributed by atoms with Gasteiger partial charge >= 0.3 is 0 Å². The van der Waals surface area contributed by atoms with Crippen LogP contribution in [0.4, 0.5) is 0 Å². The minimum atomic E-state index is -0.855. The number of hydrazine groups is 1. The minimum Gasteiger partial charge on any atom is -0.485 e. The summed E-state index contributed by atoms with van der Waals surface area (Å²) < 4.78 is 12.8. The number of aryl methyl sites for hydroxylation is 1. The molecule has 3 aromatic rings. The Labute approximate surface area is 154 Å². The number of rotatable bonds is 3. The van der Waals surface area contributed by atoms with Crippen molar-refractivity contribution >= 4 is 22.8 Å². The smallest absolute Gasteiger partial charge is 0.283 e. The lowest BCUT2D eigenvalue weighted by Gasteiger charge is -2.25. The standard InChI is InChI=1S/C18H17N5O4/c1-2-23-13-8-7-11(9-12(13)19-22-23)17(24)20-21-18(25)16-10-26-14-5-3-4-6-15(14)27-16/h3-9,16H,2,10H2,1H3,(H,20,24)(H,21,25)/t16-/m1/s1. The van der Waals surface area contributed by atoms with Crippen LogP contribution in [-0.4, -0.2) is 39.5 Å². The molecule has 138 valence electrons. The van der Waals surface area contributed by atoms with E-state index in [2.05, 4.69) is 21.2 Å². The average Bonchev–Trinajstić information content (AvgIpc) is 3.13. The number of hydrogen-bond acceptors (Lipinski definition) is 6. The molecule has 0 spiro atoms. The molecule has 1 aliphatic rings. The summed E-state index contributed by atoms with van der Waals surface area (Å²) in [5.41, 5.74) is 6.54. The van der Waals surface area contributed by atoms with Gasteiger partial charge in [0.2, 0.25) is 6.10 Å². The van der Waals surface area contributed by atoms with E-state index in [9.17, 15) is 9.59 Å². The van der Waals surface area contributed by atoms with Crippen molar-refractivity contribution in [2.75, 3.05) is 6.61 Å². The Bertz CT molecular complexity index is 1020. The third-order valence-electron chi connectivity index (χ3n) is 4.18. The van der Waals surface area contributed by atoms with Crippen LogP contribution in [-0.2, 0) is 11.3 Å². The monoisotopic (exact) mass is 367 g/mol. The van der Waals surface area contributed by atoms with Crippen LogP contribution in [0.15, 0.2) is 42.5 Å². The van der Waals surface area contributed by atoms with Gasteiger partial charge < -0.3 is 9.47 Å². The number of nitrogens with one attached hydrogen (secondary N) is 2. The Morgan fingerprint density at radius 1 is 1.19 bits per heavy atom. The third-order valence-corrected chi connectivity index (χ3v) is 4.18. The van der Waals surface area contributed by atoms with Gasteiger partial charge in [0.1, 0.15) is 12.1 Å². The Morgan fingerprint density at radius 2 is 2.00 bits per heavy atom. The van der Waals surface area contributed by atoms with Gasteiger partial charge in [0, 0.05) is 12.1 Å². The lowest BCUT2D eigenvalue weighted by Crippen LogP contribution is -2.50. The molecule has 0 unspecified atom stereocenters. The summed E-state index contributed by atoms with van der Waals surface area (Å²) >= 11 is 0. The van der Waals surface area contributed by atoms with Gasteiger partial charge in [0.15, 0.2) is 11.5 Å². The molecule has 2 N–H and O–H groups in total. The zero-order valence-electron chi connectivity index (χ0n) is 14.5. The molecular formula is C18H17N5O4. The molecule has 1 atom stereocenters. The van der Waals surface area contributed by atoms with Crippen molar-refractivity contribution in [2.24, 2.45) is 0 Å². The van der Waals surface area contributed by atoms with E-state index in [0.29, 0.717) is 29.1 Å². The molecule has 4 rings (SSSR count). The fraction of sp³-hybridized carbons (Fsp3) is 0.222. The SMILES string of the molecule is CCn1nnc2cc(C(=O)NNC(=O)[C@H]3COc4ccccc4O3)ccc21. The summed E-state index contributed by atoms with van der Waals surface area (Å²) in [7, 11) is 0. The summed E-state index contributed by atoms with van der Waals surface area (Å²) in [6, 6.07) is 12.1. The predicted octanol–water partition coefficient (Wildman–Crippen LogP) is 1.05. The van der Waals surface area contributed by atoms with Crippen molar-refractivity contribution in [2.45, 2.75) is 19.6 Å². The number of aromatic nitrogens is 3. The van der Waals surface area contributed by atoms with E-state index in [1.54, 1.807) is 41.1 Å². The van der Waals surface area contributed by atoms with Crippen LogP contribution in [0.3, 0.4) is 0 Å². The highest BCUT2D eigenvalue weighted by Crippen LogP contribution is 2.30. The first-order valence-corrected chi connectivity index (χ1v) is 8.47. The van der Waals surface area contributed by atoms with E-state index >= 15 is 0 Å². The van der Waals surface area contributed by atoms with Crippen molar-refractivity contribution in [1.29, 1.82) is 0 Å². The lowest BCUT2D eigenvalue weighted by molar-refractivity contribution is -0.131. The quantitative estimate of drug-likeness (QED) is 0.670. The molecule has 2 heterocycles. The van der Waals surface area contributed by atoms with Crippen molar-refractivity contribution < 1.29 is 19.1 Å². The second kappa shape index (κ2) is 6.94. The normalized spacial score (nSPS) is 15.4. The molecule has 2 amide bonds. The minimum absolute atomic E-state index is 0.0603. The lowest BCUT2D eigenvalue weighted by atomic mass is 10.2. The molecule has 1 aliphatic heterocycles. The topological polar surface area (TPSA) is 107 Å². The van der Waals surface area contributed by atoms with Gasteiger partial charge in [-0.3, -0.25) is 20.4 Å². The zero-order chi connectivity index (χ0) is 18.8. The molecule has 9 heteroatoms. The van der Waals surface area contributed by atoms with Crippen LogP contribution < -0.4 is 20.3 Å². The first-order valence-electron chi connectivity index (χ1n) is 8.47. The molecule has 0 aliphatic carbocycles. The van der Waals surface area contributed by atoms with Crippen molar-refractivity contribution in [3.63, 3.8) is 0 Å². The zero-order valence-corrected chi connectivity index (χ0v) is 14.5. The maximum Gasteiger partial charge on any atom is 0.283 e. The van der Waals surface area contributed by atoms with Gasteiger partial charge in [-0.05, 0) is 37.3 Å². The molecule has 9 nitrogen and oxygen atoms in total. The Kier molecular flexibility index (Phi) is 4.33. The highest BCUT2D eigenvalue weighted by Gasteiger charge is 2.27. The van der Waals surface area contributed by atoms with E-state index in [1.165, 1.54) is 0 Å². The second-order valence-electron chi connectivity index (χ2n) is 5.92. The Hall–Kier alpha value is -3.62. The van der Waals surface area contributed by atoms with Crippen LogP contribution in [0.5, 0.6) is 11.5 Å². The van der Waals surface area contributed by atoms with Crippen LogP contribution in [0, 0.1) is 0 Å². The molecule has 0 bridgehead atoms. The van der Waals surface area contributed by atoms with Gasteiger partial charge in [-0.1, -0.05) is 17.3 Å². The number of carbonyl (C=O) groups is 2. The highest BCUT2D eigenvalue weighted by molar-refractivity contribution is 5.98. The van der Waals surface area contributed by atoms with Crippen molar-refractivity contribution in [1.82, 2.24) is 25.8 Å². The number of nitrogens with zero attached hydrogens (tertiary/aromatic N) is 3. The fourth-order valence-electron chi connectivity index (χ4n) is 2.77. The number of fused-ring (bicyclic) bond motifs is 2. The molecule has 0 saturated heterocycles. The molecule has 0 fully saturated rings. The summed E-state index contributed by atoms with van der Waals surface area (Å²) in [5, 5.41) is 8.03. The van der Waals surface area contributed by atoms with E-state index in [4.69, 9.17) is 9.47 Å². The molecule has 0 saturated carbocycles. The van der Waals surface area contributed by atoms with Crippen LogP contribution in [0.1, 0.15) is 17.3 Å². The molecule has 0 radical (unpaired) electrons. The third kappa shape index (κ3) is 3.26. The predicted molar refractivity (Wildman–Crippen MR) is 95.2 cm³/mol. The van der Waals surface area contributed by atoms with Gasteiger partial charge in [0.05, 0.1) is 5.52 Å². The number of carbonyl (C=O) groups excluding carboxylic acids is 2. The van der Waals surface area contributed by atoms with Gasteiger partial charge in [-0.25, -0.2) is 4.68 Å². The summed E-state index contributed by atoms with van der Waals surface area (Å²) in [5.74, 6) is 0.1000. The average molecular weight is 367 g/mol. The van der Waals surface area contributed by atoms with Crippen LogP contribution in [0.25, 0.3) is 11.0 Å². The highest BCUT2D eigenvalue weighted by atomic mass is 16.6. The van der Waals surface area contributed by atoms with Crippen LogP contribution in [0.2, 0.25) is 0 Å². The van der Waals surface area contributed by atoms with Crippen LogP contribution >= 0.6 is 0 Å². The van der Waals surface area contributed by atoms with Crippen molar-refractivity contribution in [3.05, 3.63) is 48.0 Å². The number of hydrogen-bond donors (Lipinski definition) is 2. The molecular weight excluding hydrogens is 350 g/mol. The number of para-hydroxylation sites is 2. The largest absolute Gasteiger partial charge is 0.485 e. The van der Waals surface area contributed by atoms with Crippen molar-refractivity contribution in [3.8, 4) is 11.5 Å². The van der Waals surface area contributed by atoms with Gasteiger partial charge in [0.25, 0.3) is 11.8 Å². The second-order valence-corrected chi connectivity index (χ2v) is 5.92. The maximum absolute atomic E-state index is 12.3. The molecule has 2 aromatic carbocycles. The first kappa shape index (κ1) is 16.8. The fourth-order valence-corrected chi connectivity index (χ4v) is 2.77. The number of ether oxygens (including phenoxy) is 2. The van der Waals surface area contributed by atoms with Gasteiger partial charge in [-0.15, -0.1) is 5.10 Å². The number of amides is 2. The number of benzene rings is 2. The Morgan fingerprint density at radius 3 is 2.81 bits per heavy atom. The maximum atomic E-state index is 12.3. The van der Waals surface area contributed by atoms with E-state index in [1.807, 2.05) is 13.0 Å². The van der Waals surface area contributed by atoms with E-state index < -0.39 is 17.9 Å².